The molecular formula is C10H9N3O. The van der Waals surface area contributed by atoms with Gasteiger partial charge in [-0.3, -0.25) is 4.79 Å². The lowest BCUT2D eigenvalue weighted by Crippen LogP contribution is -2.05. The van der Waals surface area contributed by atoms with Crippen molar-refractivity contribution in [2.75, 3.05) is 5.73 Å². The Labute approximate surface area is 81.4 Å². The Kier molecular flexibility index (Phi) is 2.87. The summed E-state index contributed by atoms with van der Waals surface area (Å²) in [5.74, 6) is -0.527. The van der Waals surface area contributed by atoms with Crippen molar-refractivity contribution >= 4 is 17.7 Å². The lowest BCUT2D eigenvalue weighted by molar-refractivity contribution is -0.113. The molecule has 0 fully saturated rings. The van der Waals surface area contributed by atoms with Crippen LogP contribution in [0.4, 0.5) is 5.69 Å². The van der Waals surface area contributed by atoms with Crippen LogP contribution in [0, 0.1) is 11.3 Å². The average molecular weight is 187 g/mol. The van der Waals surface area contributed by atoms with Crippen molar-refractivity contribution in [3.63, 3.8) is 0 Å². The summed E-state index contributed by atoms with van der Waals surface area (Å²) in [7, 11) is 0. The molecule has 4 heteroatoms. The highest BCUT2D eigenvalue weighted by Crippen LogP contribution is 2.13. The van der Waals surface area contributed by atoms with Crippen LogP contribution < -0.4 is 11.5 Å². The SMILES string of the molecule is N#Cc1cc(C=CC(N)=O)ccc1N. The van der Waals surface area contributed by atoms with Gasteiger partial charge in [-0.05, 0) is 23.8 Å². The number of anilines is 1. The summed E-state index contributed by atoms with van der Waals surface area (Å²) in [6.07, 6.45) is 2.76. The molecule has 1 aromatic rings. The Bertz CT molecular complexity index is 429. The van der Waals surface area contributed by atoms with Gasteiger partial charge in [0.25, 0.3) is 0 Å². The number of rotatable bonds is 2. The first kappa shape index (κ1) is 9.81. The van der Waals surface area contributed by atoms with Crippen LogP contribution in [-0.2, 0) is 4.79 Å². The van der Waals surface area contributed by atoms with E-state index in [4.69, 9.17) is 16.7 Å². The number of carbonyl (C=O) groups excluding carboxylic acids is 1. The fraction of sp³-hybridized carbons (Fsp3) is 0. The van der Waals surface area contributed by atoms with E-state index >= 15 is 0 Å². The van der Waals surface area contributed by atoms with Crippen LogP contribution in [0.5, 0.6) is 0 Å². The third kappa shape index (κ3) is 2.35. The van der Waals surface area contributed by atoms with Crippen molar-refractivity contribution in [2.45, 2.75) is 0 Å². The Balaban J connectivity index is 3.03. The molecule has 0 aliphatic rings. The molecule has 0 saturated heterocycles. The van der Waals surface area contributed by atoms with Gasteiger partial charge in [-0.2, -0.15) is 5.26 Å². The van der Waals surface area contributed by atoms with Crippen LogP contribution in [0.1, 0.15) is 11.1 Å². The molecule has 14 heavy (non-hydrogen) atoms. The lowest BCUT2D eigenvalue weighted by Gasteiger charge is -1.97. The number of nitriles is 1. The number of primary amides is 1. The number of nitrogens with zero attached hydrogens (tertiary/aromatic N) is 1. The molecule has 0 radical (unpaired) electrons. The van der Waals surface area contributed by atoms with Gasteiger partial charge in [0.05, 0.1) is 5.56 Å². The zero-order chi connectivity index (χ0) is 10.6. The second kappa shape index (κ2) is 4.10. The van der Waals surface area contributed by atoms with Gasteiger partial charge in [0, 0.05) is 11.8 Å². The minimum atomic E-state index is -0.527. The normalized spacial score (nSPS) is 9.93. The molecule has 4 nitrogen and oxygen atoms in total. The highest BCUT2D eigenvalue weighted by Gasteiger charge is 1.97. The number of amides is 1. The smallest absolute Gasteiger partial charge is 0.241 e. The van der Waals surface area contributed by atoms with Gasteiger partial charge in [0.1, 0.15) is 6.07 Å². The molecule has 0 aliphatic carbocycles. The van der Waals surface area contributed by atoms with Gasteiger partial charge in [0.2, 0.25) is 5.91 Å². The molecule has 1 rings (SSSR count). The second-order valence-electron chi connectivity index (χ2n) is 2.69. The highest BCUT2D eigenvalue weighted by molar-refractivity contribution is 5.90. The molecule has 0 heterocycles. The summed E-state index contributed by atoms with van der Waals surface area (Å²) in [6, 6.07) is 6.85. The molecule has 4 N–H and O–H groups in total. The maximum atomic E-state index is 10.4. The fourth-order valence-electron chi connectivity index (χ4n) is 0.953. The van der Waals surface area contributed by atoms with E-state index in [0.29, 0.717) is 11.3 Å². The van der Waals surface area contributed by atoms with Crippen molar-refractivity contribution in [3.05, 3.63) is 35.4 Å². The monoisotopic (exact) mass is 187 g/mol. The van der Waals surface area contributed by atoms with E-state index in [2.05, 4.69) is 0 Å². The van der Waals surface area contributed by atoms with E-state index in [0.717, 1.165) is 5.56 Å². The first-order valence-electron chi connectivity index (χ1n) is 3.90. The molecule has 1 aromatic carbocycles. The summed E-state index contributed by atoms with van der Waals surface area (Å²) in [4.78, 5) is 10.4. The van der Waals surface area contributed by atoms with Crippen molar-refractivity contribution < 1.29 is 4.79 Å². The quantitative estimate of drug-likeness (QED) is 0.525. The summed E-state index contributed by atoms with van der Waals surface area (Å²) in [6.45, 7) is 0. The average Bonchev–Trinajstić information content (AvgIpc) is 2.16. The second-order valence-corrected chi connectivity index (χ2v) is 2.69. The lowest BCUT2D eigenvalue weighted by atomic mass is 10.1. The summed E-state index contributed by atoms with van der Waals surface area (Å²) >= 11 is 0. The zero-order valence-corrected chi connectivity index (χ0v) is 7.40. The number of carbonyl (C=O) groups is 1. The van der Waals surface area contributed by atoms with Crippen LogP contribution in [0.2, 0.25) is 0 Å². The van der Waals surface area contributed by atoms with Crippen molar-refractivity contribution in [1.82, 2.24) is 0 Å². The Morgan fingerprint density at radius 1 is 1.50 bits per heavy atom. The van der Waals surface area contributed by atoms with Gasteiger partial charge < -0.3 is 11.5 Å². The van der Waals surface area contributed by atoms with Gasteiger partial charge in [-0.15, -0.1) is 0 Å². The van der Waals surface area contributed by atoms with Gasteiger partial charge in [-0.25, -0.2) is 0 Å². The first-order chi connectivity index (χ1) is 6.63. The molecule has 0 spiro atoms. The van der Waals surface area contributed by atoms with Crippen molar-refractivity contribution in [3.8, 4) is 6.07 Å². The Morgan fingerprint density at radius 3 is 2.79 bits per heavy atom. The predicted molar refractivity (Wildman–Crippen MR) is 53.8 cm³/mol. The molecule has 0 atom stereocenters. The summed E-state index contributed by atoms with van der Waals surface area (Å²) in [5.41, 5.74) is 12.0. The molecule has 0 bridgehead atoms. The molecule has 0 aliphatic heterocycles. The maximum Gasteiger partial charge on any atom is 0.241 e. The van der Waals surface area contributed by atoms with Crippen LogP contribution in [-0.4, -0.2) is 5.91 Å². The van der Waals surface area contributed by atoms with Gasteiger partial charge in [-0.1, -0.05) is 6.07 Å². The van der Waals surface area contributed by atoms with Crippen molar-refractivity contribution in [1.29, 1.82) is 5.26 Å². The fourth-order valence-corrected chi connectivity index (χ4v) is 0.953. The molecule has 0 unspecified atom stereocenters. The highest BCUT2D eigenvalue weighted by atomic mass is 16.1. The van der Waals surface area contributed by atoms with Crippen LogP contribution >= 0.6 is 0 Å². The summed E-state index contributed by atoms with van der Waals surface area (Å²) in [5, 5.41) is 8.67. The minimum absolute atomic E-state index is 0.386. The molecule has 70 valence electrons. The zero-order valence-electron chi connectivity index (χ0n) is 7.40. The number of benzene rings is 1. The van der Waals surface area contributed by atoms with Crippen LogP contribution in [0.25, 0.3) is 6.08 Å². The van der Waals surface area contributed by atoms with E-state index < -0.39 is 5.91 Å². The number of nitrogen functional groups attached to an aromatic ring is 1. The van der Waals surface area contributed by atoms with Crippen LogP contribution in [0.15, 0.2) is 24.3 Å². The first-order valence-corrected chi connectivity index (χ1v) is 3.90. The molecule has 1 amide bonds. The molecular weight excluding hydrogens is 178 g/mol. The topological polar surface area (TPSA) is 92.9 Å². The Hall–Kier alpha value is -2.28. The van der Waals surface area contributed by atoms with Gasteiger partial charge in [0.15, 0.2) is 0 Å². The molecule has 0 aromatic heterocycles. The largest absolute Gasteiger partial charge is 0.398 e. The predicted octanol–water partition coefficient (Wildman–Crippen LogP) is 0.639. The Morgan fingerprint density at radius 2 is 2.21 bits per heavy atom. The number of nitrogens with two attached hydrogens (primary N) is 2. The summed E-state index contributed by atoms with van der Waals surface area (Å²) < 4.78 is 0. The van der Waals surface area contributed by atoms with E-state index in [9.17, 15) is 4.79 Å². The molecule has 0 saturated carbocycles. The van der Waals surface area contributed by atoms with E-state index in [1.54, 1.807) is 18.2 Å². The van der Waals surface area contributed by atoms with Crippen LogP contribution in [0.3, 0.4) is 0 Å². The van der Waals surface area contributed by atoms with Gasteiger partial charge >= 0.3 is 0 Å². The standard InChI is InChI=1S/C10H9N3O/c11-6-8-5-7(1-3-9(8)12)2-4-10(13)14/h1-5H,12H2,(H2,13,14). The third-order valence-electron chi connectivity index (χ3n) is 1.64. The number of hydrogen-bond donors (Lipinski definition) is 2. The third-order valence-corrected chi connectivity index (χ3v) is 1.64. The van der Waals surface area contributed by atoms with E-state index in [-0.39, 0.29) is 0 Å². The van der Waals surface area contributed by atoms with Crippen molar-refractivity contribution in [2.24, 2.45) is 5.73 Å². The minimum Gasteiger partial charge on any atom is -0.398 e. The van der Waals surface area contributed by atoms with E-state index in [1.165, 1.54) is 12.2 Å². The van der Waals surface area contributed by atoms with E-state index in [1.807, 2.05) is 6.07 Å². The maximum absolute atomic E-state index is 10.4. The number of hydrogen-bond acceptors (Lipinski definition) is 3.